The Balaban J connectivity index is 1.76. The third-order valence-electron chi connectivity index (χ3n) is 5.83. The largest absolute Gasteiger partial charge is 0.486 e. The van der Waals surface area contributed by atoms with Gasteiger partial charge in [0.05, 0.1) is 30.0 Å². The molecule has 152 valence electrons. The maximum absolute atomic E-state index is 6.25. The Morgan fingerprint density at radius 3 is 2.90 bits per heavy atom. The number of nitrogens with one attached hydrogen (secondary N) is 1. The van der Waals surface area contributed by atoms with Gasteiger partial charge in [0.15, 0.2) is 17.4 Å². The van der Waals surface area contributed by atoms with Crippen LogP contribution in [0, 0.1) is 0 Å². The van der Waals surface area contributed by atoms with Crippen LogP contribution in [-0.4, -0.2) is 58.1 Å². The molecule has 0 saturated carbocycles. The van der Waals surface area contributed by atoms with E-state index in [1.807, 2.05) is 18.3 Å². The van der Waals surface area contributed by atoms with E-state index in [1.165, 1.54) is 0 Å². The van der Waals surface area contributed by atoms with Gasteiger partial charge >= 0.3 is 0 Å². The first-order valence-corrected chi connectivity index (χ1v) is 11.1. The van der Waals surface area contributed by atoms with E-state index < -0.39 is 0 Å². The highest BCUT2D eigenvalue weighted by atomic mass is 32.2. The van der Waals surface area contributed by atoms with Crippen molar-refractivity contribution in [2.24, 2.45) is 0 Å². The molecule has 1 saturated heterocycles. The monoisotopic (exact) mass is 411 g/mol. The van der Waals surface area contributed by atoms with E-state index in [9.17, 15) is 0 Å². The van der Waals surface area contributed by atoms with Gasteiger partial charge in [-0.05, 0) is 39.2 Å². The molecule has 0 radical (unpaired) electrons. The number of anilines is 1. The van der Waals surface area contributed by atoms with E-state index in [4.69, 9.17) is 19.4 Å². The average Bonchev–Trinajstić information content (AvgIpc) is 3.21. The summed E-state index contributed by atoms with van der Waals surface area (Å²) in [6, 6.07) is 4.41. The third-order valence-corrected chi connectivity index (χ3v) is 7.05. The highest BCUT2D eigenvalue weighted by Crippen LogP contribution is 2.46. The molecule has 0 aromatic carbocycles. The van der Waals surface area contributed by atoms with E-state index in [0.29, 0.717) is 25.6 Å². The summed E-state index contributed by atoms with van der Waals surface area (Å²) in [7, 11) is 0. The van der Waals surface area contributed by atoms with Crippen LogP contribution in [-0.2, 0) is 9.48 Å². The van der Waals surface area contributed by atoms with Gasteiger partial charge in [0.2, 0.25) is 0 Å². The minimum Gasteiger partial charge on any atom is -0.486 e. The minimum absolute atomic E-state index is 0.170. The van der Waals surface area contributed by atoms with Crippen LogP contribution >= 0.6 is 11.8 Å². The van der Waals surface area contributed by atoms with Crippen LogP contribution in [0.5, 0.6) is 5.75 Å². The Hall–Kier alpha value is -2.32. The normalized spacial score (nSPS) is 21.6. The number of aromatic amines is 1. The summed E-state index contributed by atoms with van der Waals surface area (Å²) in [5, 5.41) is 1.02. The molecule has 0 unspecified atom stereocenters. The molecule has 1 N–H and O–H groups in total. The Bertz CT molecular complexity index is 1070. The fourth-order valence-corrected chi connectivity index (χ4v) is 4.44. The number of rotatable bonds is 3. The van der Waals surface area contributed by atoms with Crippen molar-refractivity contribution in [1.82, 2.24) is 19.9 Å². The molecule has 3 aromatic heterocycles. The van der Waals surface area contributed by atoms with E-state index >= 15 is 0 Å². The molecule has 0 spiro atoms. The summed E-state index contributed by atoms with van der Waals surface area (Å²) in [6.45, 7) is 8.48. The summed E-state index contributed by atoms with van der Waals surface area (Å²) in [5.41, 5.74) is 2.74. The maximum atomic E-state index is 6.25. The van der Waals surface area contributed by atoms with Crippen molar-refractivity contribution in [3.63, 3.8) is 0 Å². The molecule has 3 aromatic rings. The number of hydrogen-bond acceptors (Lipinski definition) is 7. The third kappa shape index (κ3) is 2.97. The Morgan fingerprint density at radius 2 is 2.07 bits per heavy atom. The van der Waals surface area contributed by atoms with Crippen molar-refractivity contribution in [1.29, 1.82) is 0 Å². The molecule has 2 atom stereocenters. The molecule has 7 nitrogen and oxygen atoms in total. The molecular formula is C21H25N5O2S. The van der Waals surface area contributed by atoms with Crippen molar-refractivity contribution >= 4 is 28.6 Å². The Labute approximate surface area is 174 Å². The van der Waals surface area contributed by atoms with Crippen LogP contribution in [0.2, 0.25) is 0 Å². The molecule has 0 bridgehead atoms. The van der Waals surface area contributed by atoms with Gasteiger partial charge in [0.25, 0.3) is 0 Å². The van der Waals surface area contributed by atoms with Crippen LogP contribution < -0.4 is 9.64 Å². The average molecular weight is 412 g/mol. The second-order valence-corrected chi connectivity index (χ2v) is 9.55. The van der Waals surface area contributed by atoms with E-state index in [1.54, 1.807) is 18.0 Å². The van der Waals surface area contributed by atoms with E-state index in [2.05, 4.69) is 41.9 Å². The summed E-state index contributed by atoms with van der Waals surface area (Å²) < 4.78 is 11.8. The Kier molecular flexibility index (Phi) is 4.43. The molecular weight excluding hydrogens is 386 g/mol. The lowest BCUT2D eigenvalue weighted by Gasteiger charge is -2.45. The van der Waals surface area contributed by atoms with Crippen molar-refractivity contribution in [2.45, 2.75) is 37.6 Å². The van der Waals surface area contributed by atoms with Gasteiger partial charge in [0.1, 0.15) is 17.9 Å². The van der Waals surface area contributed by atoms with Gasteiger partial charge in [0, 0.05) is 23.3 Å². The molecule has 5 rings (SSSR count). The number of hydrogen-bond donors (Lipinski definition) is 1. The van der Waals surface area contributed by atoms with Crippen LogP contribution in [0.3, 0.4) is 0 Å². The van der Waals surface area contributed by atoms with Crippen LogP contribution in [0.15, 0.2) is 24.5 Å². The number of pyridine rings is 1. The highest BCUT2D eigenvalue weighted by molar-refractivity contribution is 7.99. The molecule has 1 fully saturated rings. The number of nitrogens with zero attached hydrogens (tertiary/aromatic N) is 4. The summed E-state index contributed by atoms with van der Waals surface area (Å²) >= 11 is 1.76. The first kappa shape index (κ1) is 18.7. The number of H-pyrrole nitrogens is 1. The van der Waals surface area contributed by atoms with Gasteiger partial charge in [-0.1, -0.05) is 0 Å². The van der Waals surface area contributed by atoms with Gasteiger partial charge in [-0.3, -0.25) is 0 Å². The second kappa shape index (κ2) is 6.88. The number of morpholine rings is 1. The first-order valence-electron chi connectivity index (χ1n) is 9.88. The highest BCUT2D eigenvalue weighted by Gasteiger charge is 2.40. The van der Waals surface area contributed by atoms with Crippen LogP contribution in [0.4, 0.5) is 5.82 Å². The van der Waals surface area contributed by atoms with Crippen molar-refractivity contribution in [2.75, 3.05) is 31.0 Å². The number of ether oxygens (including phenoxy) is 2. The fraction of sp³-hybridized carbons (Fsp3) is 0.476. The zero-order valence-corrected chi connectivity index (χ0v) is 17.9. The molecule has 0 aliphatic carbocycles. The number of thioether (sulfide) groups is 1. The van der Waals surface area contributed by atoms with Crippen LogP contribution in [0.1, 0.15) is 26.5 Å². The summed E-state index contributed by atoms with van der Waals surface area (Å²) in [5.74, 6) is 2.38. The predicted molar refractivity (Wildman–Crippen MR) is 116 cm³/mol. The van der Waals surface area contributed by atoms with Gasteiger partial charge in [-0.25, -0.2) is 15.0 Å². The van der Waals surface area contributed by atoms with Gasteiger partial charge in [-0.15, -0.1) is 0 Å². The lowest BCUT2D eigenvalue weighted by molar-refractivity contribution is 0.0482. The predicted octanol–water partition coefficient (Wildman–Crippen LogP) is 3.60. The SMILES string of the molecule is CSC(C)(C)c1nc(-c2ccnc3[nH]ccc23)nc2c1OC[C@@H]1COC[C@@H](C)N21. The molecule has 5 heterocycles. The number of fused-ring (bicyclic) bond motifs is 4. The van der Waals surface area contributed by atoms with Crippen LogP contribution in [0.25, 0.3) is 22.4 Å². The zero-order chi connectivity index (χ0) is 20.2. The minimum atomic E-state index is -0.214. The van der Waals surface area contributed by atoms with Crippen molar-refractivity contribution in [3.8, 4) is 17.1 Å². The van der Waals surface area contributed by atoms with Crippen molar-refractivity contribution < 1.29 is 9.47 Å². The quantitative estimate of drug-likeness (QED) is 0.706. The van der Waals surface area contributed by atoms with Crippen molar-refractivity contribution in [3.05, 3.63) is 30.2 Å². The molecule has 2 aliphatic rings. The molecule has 0 amide bonds. The fourth-order valence-electron chi connectivity index (χ4n) is 4.11. The first-order chi connectivity index (χ1) is 14.0. The smallest absolute Gasteiger partial charge is 0.184 e. The lowest BCUT2D eigenvalue weighted by Crippen LogP contribution is -2.56. The lowest BCUT2D eigenvalue weighted by atomic mass is 10.0. The Morgan fingerprint density at radius 1 is 1.21 bits per heavy atom. The van der Waals surface area contributed by atoms with E-state index in [-0.39, 0.29) is 16.8 Å². The topological polar surface area (TPSA) is 76.2 Å². The summed E-state index contributed by atoms with van der Waals surface area (Å²) in [4.78, 5) is 20.0. The molecule has 29 heavy (non-hydrogen) atoms. The number of aromatic nitrogens is 4. The second-order valence-electron chi connectivity index (χ2n) is 8.12. The molecule has 2 aliphatic heterocycles. The zero-order valence-electron chi connectivity index (χ0n) is 17.1. The maximum Gasteiger partial charge on any atom is 0.184 e. The molecule has 8 heteroatoms. The van der Waals surface area contributed by atoms with Gasteiger partial charge < -0.3 is 19.4 Å². The van der Waals surface area contributed by atoms with Gasteiger partial charge in [-0.2, -0.15) is 11.8 Å². The standard InChI is InChI=1S/C21H25N5O2S/c1-12-9-27-10-13-11-28-16-17(21(2,3)29-4)24-19(25-20(16)26(12)13)15-6-8-23-18-14(15)5-7-22-18/h5-8,12-13H,9-11H2,1-4H3,(H,22,23)/t12-,13+/m1/s1. The van der Waals surface area contributed by atoms with E-state index in [0.717, 1.165) is 33.9 Å². The summed E-state index contributed by atoms with van der Waals surface area (Å²) in [6.07, 6.45) is 5.80.